The number of fused-ring (bicyclic) bond motifs is 15. The highest BCUT2D eigenvalue weighted by Gasteiger charge is 2.24. The standard InChI is InChI=1S/C48H27N3OS/c1-5-14-37-30(10-1)33-22-23-34-31-11-2-6-15-38(31)51-41-27-29(20-24-39(41)50(37)47(33)48(34)51)49(28-21-25-43-36(26-28)32-12-3-7-17-42(32)52-43)40-16-9-19-45-46(40)35-13-4-8-18-44(35)53-45/h1-27H. The first kappa shape index (κ1) is 27.8. The van der Waals surface area contributed by atoms with Crippen LogP contribution < -0.4 is 4.90 Å². The zero-order valence-corrected chi connectivity index (χ0v) is 29.1. The summed E-state index contributed by atoms with van der Waals surface area (Å²) in [5.41, 5.74) is 12.4. The fourth-order valence-corrected chi connectivity index (χ4v) is 10.4. The molecule has 0 saturated carbocycles. The molecule has 0 aliphatic carbocycles. The van der Waals surface area contributed by atoms with Gasteiger partial charge in [0.1, 0.15) is 11.2 Å². The Morgan fingerprint density at radius 1 is 0.396 bits per heavy atom. The van der Waals surface area contributed by atoms with E-state index in [0.717, 1.165) is 44.5 Å². The van der Waals surface area contributed by atoms with Gasteiger partial charge >= 0.3 is 0 Å². The predicted octanol–water partition coefficient (Wildman–Crippen LogP) is 14.0. The average molecular weight is 694 g/mol. The fraction of sp³-hybridized carbons (Fsp3) is 0. The number of benzene rings is 8. The summed E-state index contributed by atoms with van der Waals surface area (Å²) in [7, 11) is 0. The van der Waals surface area contributed by atoms with Crippen molar-refractivity contribution in [2.75, 3.05) is 4.90 Å². The van der Waals surface area contributed by atoms with Crippen LogP contribution in [0.15, 0.2) is 168 Å². The maximum Gasteiger partial charge on any atom is 0.135 e. The molecule has 246 valence electrons. The molecule has 13 aromatic rings. The van der Waals surface area contributed by atoms with Crippen molar-refractivity contribution in [3.05, 3.63) is 164 Å². The van der Waals surface area contributed by atoms with Crippen LogP contribution >= 0.6 is 11.3 Å². The summed E-state index contributed by atoms with van der Waals surface area (Å²) in [6.07, 6.45) is 0. The van der Waals surface area contributed by atoms with Gasteiger partial charge in [0.2, 0.25) is 0 Å². The van der Waals surface area contributed by atoms with Crippen LogP contribution in [0, 0.1) is 0 Å². The molecule has 5 heteroatoms. The lowest BCUT2D eigenvalue weighted by Crippen LogP contribution is -2.11. The van der Waals surface area contributed by atoms with Gasteiger partial charge in [-0.2, -0.15) is 0 Å². The van der Waals surface area contributed by atoms with E-state index in [4.69, 9.17) is 4.42 Å². The lowest BCUT2D eigenvalue weighted by atomic mass is 10.1. The minimum Gasteiger partial charge on any atom is -0.456 e. The summed E-state index contributed by atoms with van der Waals surface area (Å²) in [6.45, 7) is 0. The summed E-state index contributed by atoms with van der Waals surface area (Å²) >= 11 is 1.85. The molecule has 5 aromatic heterocycles. The molecule has 5 heterocycles. The molecule has 0 fully saturated rings. The number of hydrogen-bond donors (Lipinski definition) is 0. The SMILES string of the molecule is c1ccc2c(c1)oc1ccc(N(c3ccc4c(c3)n3c5ccccc5c5ccc6c7ccccc7n4c6c53)c3cccc4sc5ccccc5c34)cc12. The van der Waals surface area contributed by atoms with Gasteiger partial charge in [0.15, 0.2) is 0 Å². The summed E-state index contributed by atoms with van der Waals surface area (Å²) in [5, 5.41) is 9.86. The van der Waals surface area contributed by atoms with E-state index in [0.29, 0.717) is 0 Å². The Morgan fingerprint density at radius 3 is 1.79 bits per heavy atom. The Hall–Kier alpha value is -6.82. The highest BCUT2D eigenvalue weighted by atomic mass is 32.1. The molecular formula is C48H27N3OS. The number of anilines is 3. The molecule has 0 N–H and O–H groups in total. The monoisotopic (exact) mass is 693 g/mol. The van der Waals surface area contributed by atoms with Gasteiger partial charge in [-0.1, -0.05) is 91.0 Å². The van der Waals surface area contributed by atoms with E-state index in [1.165, 1.54) is 69.3 Å². The van der Waals surface area contributed by atoms with Crippen LogP contribution in [-0.2, 0) is 0 Å². The van der Waals surface area contributed by atoms with Gasteiger partial charge in [0.05, 0.1) is 38.8 Å². The average Bonchev–Trinajstić information content (AvgIpc) is 3.96. The van der Waals surface area contributed by atoms with Crippen molar-refractivity contribution in [3.63, 3.8) is 0 Å². The van der Waals surface area contributed by atoms with Crippen LogP contribution in [0.5, 0.6) is 0 Å². The molecule has 0 amide bonds. The van der Waals surface area contributed by atoms with E-state index in [9.17, 15) is 0 Å². The minimum atomic E-state index is 0.890. The molecule has 0 spiro atoms. The zero-order chi connectivity index (χ0) is 34.4. The smallest absolute Gasteiger partial charge is 0.135 e. The van der Waals surface area contributed by atoms with E-state index >= 15 is 0 Å². The Morgan fingerprint density at radius 2 is 1.00 bits per heavy atom. The van der Waals surface area contributed by atoms with Gasteiger partial charge < -0.3 is 18.1 Å². The van der Waals surface area contributed by atoms with E-state index in [2.05, 4.69) is 171 Å². The van der Waals surface area contributed by atoms with Crippen LogP contribution in [0.1, 0.15) is 0 Å². The molecule has 0 unspecified atom stereocenters. The van der Waals surface area contributed by atoms with Crippen LogP contribution in [-0.4, -0.2) is 8.80 Å². The predicted molar refractivity (Wildman–Crippen MR) is 224 cm³/mol. The maximum atomic E-state index is 6.32. The third kappa shape index (κ3) is 3.54. The highest BCUT2D eigenvalue weighted by Crippen LogP contribution is 2.48. The molecule has 8 aromatic carbocycles. The van der Waals surface area contributed by atoms with Crippen molar-refractivity contribution in [2.45, 2.75) is 0 Å². The van der Waals surface area contributed by atoms with Crippen molar-refractivity contribution in [1.29, 1.82) is 0 Å². The summed E-state index contributed by atoms with van der Waals surface area (Å²) in [6, 6.07) is 59.8. The van der Waals surface area contributed by atoms with Crippen molar-refractivity contribution in [1.82, 2.24) is 8.80 Å². The van der Waals surface area contributed by atoms with Crippen molar-refractivity contribution < 1.29 is 4.42 Å². The van der Waals surface area contributed by atoms with Gasteiger partial charge in [-0.25, -0.2) is 0 Å². The Kier molecular flexibility index (Phi) is 5.22. The van der Waals surface area contributed by atoms with Crippen LogP contribution in [0.4, 0.5) is 17.1 Å². The number of nitrogens with zero attached hydrogens (tertiary/aromatic N) is 3. The topological polar surface area (TPSA) is 25.2 Å². The first-order valence-corrected chi connectivity index (χ1v) is 18.8. The Labute approximate surface area is 305 Å². The van der Waals surface area contributed by atoms with Gasteiger partial charge in [0, 0.05) is 63.9 Å². The third-order valence-corrected chi connectivity index (χ3v) is 12.5. The molecule has 0 aliphatic heterocycles. The molecule has 0 atom stereocenters. The van der Waals surface area contributed by atoms with Gasteiger partial charge in [-0.3, -0.25) is 0 Å². The van der Waals surface area contributed by atoms with E-state index in [1.807, 2.05) is 17.4 Å². The first-order valence-electron chi connectivity index (χ1n) is 18.0. The highest BCUT2D eigenvalue weighted by molar-refractivity contribution is 7.26. The zero-order valence-electron chi connectivity index (χ0n) is 28.2. The molecule has 0 bridgehead atoms. The van der Waals surface area contributed by atoms with E-state index < -0.39 is 0 Å². The molecule has 0 aliphatic rings. The normalized spacial score (nSPS) is 12.5. The second-order valence-corrected chi connectivity index (χ2v) is 15.2. The largest absolute Gasteiger partial charge is 0.456 e. The van der Waals surface area contributed by atoms with Crippen molar-refractivity contribution in [2.24, 2.45) is 0 Å². The number of hydrogen-bond acceptors (Lipinski definition) is 3. The number of furan rings is 1. The third-order valence-electron chi connectivity index (χ3n) is 11.4. The molecule has 0 saturated heterocycles. The van der Waals surface area contributed by atoms with E-state index in [-0.39, 0.29) is 0 Å². The molecule has 0 radical (unpaired) electrons. The summed E-state index contributed by atoms with van der Waals surface area (Å²) in [5.74, 6) is 0. The molecule has 53 heavy (non-hydrogen) atoms. The molecule has 13 rings (SSSR count). The number of rotatable bonds is 3. The summed E-state index contributed by atoms with van der Waals surface area (Å²) in [4.78, 5) is 2.45. The second kappa shape index (κ2) is 9.94. The van der Waals surface area contributed by atoms with Gasteiger partial charge in [-0.15, -0.1) is 11.3 Å². The van der Waals surface area contributed by atoms with E-state index in [1.54, 1.807) is 0 Å². The number of thiophene rings is 1. The molecular weight excluding hydrogens is 667 g/mol. The quantitative estimate of drug-likeness (QED) is 0.172. The first-order chi connectivity index (χ1) is 26.3. The van der Waals surface area contributed by atoms with Gasteiger partial charge in [-0.05, 0) is 72.8 Å². The van der Waals surface area contributed by atoms with Crippen molar-refractivity contribution >= 4 is 125 Å². The fourth-order valence-electron chi connectivity index (χ4n) is 9.24. The van der Waals surface area contributed by atoms with Crippen LogP contribution in [0.3, 0.4) is 0 Å². The maximum absolute atomic E-state index is 6.32. The van der Waals surface area contributed by atoms with Crippen LogP contribution in [0.25, 0.3) is 96.8 Å². The van der Waals surface area contributed by atoms with Crippen molar-refractivity contribution in [3.8, 4) is 0 Å². The lowest BCUT2D eigenvalue weighted by molar-refractivity contribution is 0.669. The minimum absolute atomic E-state index is 0.890. The Bertz CT molecular complexity index is 3650. The lowest BCUT2D eigenvalue weighted by Gasteiger charge is -2.27. The number of para-hydroxylation sites is 3. The Balaban J connectivity index is 1.19. The van der Waals surface area contributed by atoms with Crippen LogP contribution in [0.2, 0.25) is 0 Å². The van der Waals surface area contributed by atoms with Gasteiger partial charge in [0.25, 0.3) is 0 Å². The summed E-state index contributed by atoms with van der Waals surface area (Å²) < 4.78 is 13.9. The number of aromatic nitrogens is 2. The second-order valence-electron chi connectivity index (χ2n) is 14.1. The molecule has 4 nitrogen and oxygen atoms in total.